The molecule has 1 aliphatic rings. The summed E-state index contributed by atoms with van der Waals surface area (Å²) >= 11 is 0. The summed E-state index contributed by atoms with van der Waals surface area (Å²) in [5.74, 6) is 0.750. The summed E-state index contributed by atoms with van der Waals surface area (Å²) in [4.78, 5) is 4.25. The van der Waals surface area contributed by atoms with E-state index in [0.717, 1.165) is 18.0 Å². The molecule has 102 valence electrons. The van der Waals surface area contributed by atoms with Crippen molar-refractivity contribution in [1.29, 1.82) is 0 Å². The molecule has 0 spiro atoms. The molecule has 0 radical (unpaired) electrons. The van der Waals surface area contributed by atoms with E-state index in [0.29, 0.717) is 6.04 Å². The molecule has 4 nitrogen and oxygen atoms in total. The summed E-state index contributed by atoms with van der Waals surface area (Å²) in [6.45, 7) is 3.29. The first kappa shape index (κ1) is 12.6. The summed E-state index contributed by atoms with van der Waals surface area (Å²) in [7, 11) is 0. The average molecular weight is 258 g/mol. The highest BCUT2D eigenvalue weighted by Gasteiger charge is 2.27. The van der Waals surface area contributed by atoms with E-state index in [4.69, 9.17) is 0 Å². The molecule has 0 saturated heterocycles. The van der Waals surface area contributed by atoms with E-state index < -0.39 is 0 Å². The fraction of sp³-hybridized carbons (Fsp3) is 0.600. The van der Waals surface area contributed by atoms with Gasteiger partial charge in [-0.25, -0.2) is 4.52 Å². The summed E-state index contributed by atoms with van der Waals surface area (Å²) in [5, 5.41) is 8.18. The standard InChI is InChI=1S/C15H22N4/c1-2-7-17-15(12-5-3-4-6-12)13-10-18-19-9-8-16-11-14(13)19/h8-12,15,17H,2-7H2,1H3. The summed E-state index contributed by atoms with van der Waals surface area (Å²) in [6.07, 6.45) is 14.2. The maximum Gasteiger partial charge on any atom is 0.0892 e. The van der Waals surface area contributed by atoms with E-state index in [-0.39, 0.29) is 0 Å². The third kappa shape index (κ3) is 2.50. The van der Waals surface area contributed by atoms with Crippen LogP contribution in [0, 0.1) is 5.92 Å². The Morgan fingerprint density at radius 1 is 1.37 bits per heavy atom. The van der Waals surface area contributed by atoms with Gasteiger partial charge in [0.05, 0.1) is 17.9 Å². The zero-order valence-electron chi connectivity index (χ0n) is 11.5. The zero-order chi connectivity index (χ0) is 13.1. The van der Waals surface area contributed by atoms with Gasteiger partial charge in [0.15, 0.2) is 0 Å². The van der Waals surface area contributed by atoms with Crippen molar-refractivity contribution in [2.24, 2.45) is 5.92 Å². The highest BCUT2D eigenvalue weighted by atomic mass is 15.2. The molecule has 1 aliphatic carbocycles. The fourth-order valence-electron chi connectivity index (χ4n) is 3.21. The second kappa shape index (κ2) is 5.70. The van der Waals surface area contributed by atoms with Gasteiger partial charge in [-0.1, -0.05) is 19.8 Å². The van der Waals surface area contributed by atoms with Gasteiger partial charge in [0.2, 0.25) is 0 Å². The third-order valence-electron chi connectivity index (χ3n) is 4.18. The Labute approximate surface area is 114 Å². The number of nitrogens with zero attached hydrogens (tertiary/aromatic N) is 3. The Balaban J connectivity index is 1.93. The minimum atomic E-state index is 0.434. The monoisotopic (exact) mass is 258 g/mol. The smallest absolute Gasteiger partial charge is 0.0892 e. The summed E-state index contributed by atoms with van der Waals surface area (Å²) in [5.41, 5.74) is 2.46. The molecule has 4 heteroatoms. The van der Waals surface area contributed by atoms with Crippen LogP contribution in [0.5, 0.6) is 0 Å². The number of fused-ring (bicyclic) bond motifs is 1. The molecule has 0 amide bonds. The van der Waals surface area contributed by atoms with Crippen LogP contribution in [0.15, 0.2) is 24.8 Å². The van der Waals surface area contributed by atoms with Crippen LogP contribution in [0.1, 0.15) is 50.6 Å². The van der Waals surface area contributed by atoms with Crippen molar-refractivity contribution in [3.05, 3.63) is 30.4 Å². The van der Waals surface area contributed by atoms with Crippen LogP contribution in [0.25, 0.3) is 5.52 Å². The summed E-state index contributed by atoms with van der Waals surface area (Å²) in [6, 6.07) is 0.434. The Morgan fingerprint density at radius 2 is 2.21 bits per heavy atom. The molecular formula is C15H22N4. The van der Waals surface area contributed by atoms with Crippen molar-refractivity contribution >= 4 is 5.52 Å². The molecular weight excluding hydrogens is 236 g/mol. The van der Waals surface area contributed by atoms with Gasteiger partial charge in [-0.05, 0) is 31.7 Å². The van der Waals surface area contributed by atoms with Gasteiger partial charge in [0.25, 0.3) is 0 Å². The van der Waals surface area contributed by atoms with Crippen molar-refractivity contribution in [2.45, 2.75) is 45.1 Å². The number of aromatic nitrogens is 3. The first-order valence-electron chi connectivity index (χ1n) is 7.40. The molecule has 1 unspecified atom stereocenters. The van der Waals surface area contributed by atoms with Crippen LogP contribution in [0.2, 0.25) is 0 Å². The molecule has 2 heterocycles. The lowest BCUT2D eigenvalue weighted by atomic mass is 9.92. The van der Waals surface area contributed by atoms with Crippen molar-refractivity contribution in [3.8, 4) is 0 Å². The number of nitrogens with one attached hydrogen (secondary N) is 1. The maximum absolute atomic E-state index is 4.46. The fourth-order valence-corrected chi connectivity index (χ4v) is 3.21. The van der Waals surface area contributed by atoms with Crippen LogP contribution < -0.4 is 5.32 Å². The van der Waals surface area contributed by atoms with Crippen molar-refractivity contribution in [1.82, 2.24) is 19.9 Å². The Bertz CT molecular complexity index is 528. The van der Waals surface area contributed by atoms with Crippen molar-refractivity contribution in [3.63, 3.8) is 0 Å². The number of rotatable bonds is 5. The van der Waals surface area contributed by atoms with Crippen LogP contribution >= 0.6 is 0 Å². The van der Waals surface area contributed by atoms with E-state index in [1.165, 1.54) is 37.7 Å². The Hall–Kier alpha value is -1.42. The first-order valence-corrected chi connectivity index (χ1v) is 7.40. The van der Waals surface area contributed by atoms with Crippen molar-refractivity contribution < 1.29 is 0 Å². The normalized spacial score (nSPS) is 18.2. The predicted molar refractivity (Wildman–Crippen MR) is 76.0 cm³/mol. The van der Waals surface area contributed by atoms with Crippen LogP contribution in [-0.4, -0.2) is 21.1 Å². The highest BCUT2D eigenvalue weighted by Crippen LogP contribution is 2.36. The average Bonchev–Trinajstić information content (AvgIpc) is 3.09. The van der Waals surface area contributed by atoms with Crippen molar-refractivity contribution in [2.75, 3.05) is 6.54 Å². The van der Waals surface area contributed by atoms with Gasteiger partial charge in [0.1, 0.15) is 0 Å². The first-order chi connectivity index (χ1) is 9.40. The third-order valence-corrected chi connectivity index (χ3v) is 4.18. The highest BCUT2D eigenvalue weighted by molar-refractivity contribution is 5.53. The van der Waals surface area contributed by atoms with E-state index in [9.17, 15) is 0 Å². The summed E-state index contributed by atoms with van der Waals surface area (Å²) < 4.78 is 1.93. The van der Waals surface area contributed by atoms with Crippen LogP contribution in [-0.2, 0) is 0 Å². The molecule has 1 fully saturated rings. The topological polar surface area (TPSA) is 42.2 Å². The van der Waals surface area contributed by atoms with Gasteiger partial charge >= 0.3 is 0 Å². The molecule has 0 aliphatic heterocycles. The molecule has 0 aromatic carbocycles. The lowest BCUT2D eigenvalue weighted by Gasteiger charge is -2.24. The molecule has 2 aromatic rings. The molecule has 1 N–H and O–H groups in total. The van der Waals surface area contributed by atoms with Gasteiger partial charge in [0, 0.05) is 24.0 Å². The zero-order valence-corrected chi connectivity index (χ0v) is 11.5. The van der Waals surface area contributed by atoms with Gasteiger partial charge in [-0.15, -0.1) is 0 Å². The second-order valence-electron chi connectivity index (χ2n) is 5.48. The number of hydrogen-bond acceptors (Lipinski definition) is 3. The quantitative estimate of drug-likeness (QED) is 0.896. The number of hydrogen-bond donors (Lipinski definition) is 1. The SMILES string of the molecule is CCCNC(c1cnn2ccncc12)C1CCCC1. The predicted octanol–water partition coefficient (Wildman–Crippen LogP) is 2.96. The molecule has 0 bridgehead atoms. The lowest BCUT2D eigenvalue weighted by Crippen LogP contribution is -2.27. The molecule has 1 atom stereocenters. The van der Waals surface area contributed by atoms with Gasteiger partial charge in [-0.3, -0.25) is 4.98 Å². The Morgan fingerprint density at radius 3 is 3.00 bits per heavy atom. The van der Waals surface area contributed by atoms with E-state index >= 15 is 0 Å². The minimum absolute atomic E-state index is 0.434. The van der Waals surface area contributed by atoms with E-state index in [2.05, 4.69) is 22.3 Å². The molecule has 19 heavy (non-hydrogen) atoms. The second-order valence-corrected chi connectivity index (χ2v) is 5.48. The van der Waals surface area contributed by atoms with Crippen LogP contribution in [0.3, 0.4) is 0 Å². The molecule has 1 saturated carbocycles. The van der Waals surface area contributed by atoms with E-state index in [1.807, 2.05) is 23.1 Å². The van der Waals surface area contributed by atoms with Gasteiger partial charge in [-0.2, -0.15) is 5.10 Å². The minimum Gasteiger partial charge on any atom is -0.310 e. The lowest BCUT2D eigenvalue weighted by molar-refractivity contribution is 0.370. The molecule has 2 aromatic heterocycles. The largest absolute Gasteiger partial charge is 0.310 e. The Kier molecular flexibility index (Phi) is 3.78. The molecule has 3 rings (SSSR count). The maximum atomic E-state index is 4.46. The van der Waals surface area contributed by atoms with Gasteiger partial charge < -0.3 is 5.32 Å². The van der Waals surface area contributed by atoms with E-state index in [1.54, 1.807) is 6.20 Å². The van der Waals surface area contributed by atoms with Crippen LogP contribution in [0.4, 0.5) is 0 Å².